The predicted molar refractivity (Wildman–Crippen MR) is 72.1 cm³/mol. The first-order chi connectivity index (χ1) is 9.06. The van der Waals surface area contributed by atoms with E-state index in [0.717, 1.165) is 6.20 Å². The second-order valence-electron chi connectivity index (χ2n) is 4.14. The molecule has 1 unspecified atom stereocenters. The molecule has 3 rings (SSSR count). The fraction of sp³-hybridized carbons (Fsp3) is 0. The zero-order valence-electron chi connectivity index (χ0n) is 9.80. The van der Waals surface area contributed by atoms with Crippen LogP contribution in [0, 0.1) is 5.21 Å². The van der Waals surface area contributed by atoms with E-state index in [9.17, 15) is 13.6 Å². The third-order valence-corrected chi connectivity index (χ3v) is 4.91. The first kappa shape index (κ1) is 12.0. The van der Waals surface area contributed by atoms with Crippen molar-refractivity contribution in [2.45, 2.75) is 4.90 Å². The number of benzene rings is 1. The summed E-state index contributed by atoms with van der Waals surface area (Å²) in [6, 6.07) is 9.15. The number of sulfonamides is 1. The molecular formula is C13H10N2O3S. The fourth-order valence-corrected chi connectivity index (χ4v) is 3.49. The number of aromatic nitrogens is 1. The summed E-state index contributed by atoms with van der Waals surface area (Å²) >= 11 is 0. The van der Waals surface area contributed by atoms with E-state index in [4.69, 9.17) is 0 Å². The molecule has 1 aliphatic rings. The van der Waals surface area contributed by atoms with Crippen LogP contribution in [0.3, 0.4) is 0 Å². The minimum atomic E-state index is -4.08. The highest BCUT2D eigenvalue weighted by Gasteiger charge is 2.40. The molecular weight excluding hydrogens is 264 g/mol. The topological polar surface area (TPSA) is 70.1 Å². The van der Waals surface area contributed by atoms with Gasteiger partial charge in [0.15, 0.2) is 5.69 Å². The molecule has 1 aromatic carbocycles. The average molecular weight is 274 g/mol. The van der Waals surface area contributed by atoms with Crippen LogP contribution >= 0.6 is 0 Å². The maximum Gasteiger partial charge on any atom is 0.336 e. The van der Waals surface area contributed by atoms with Crippen LogP contribution < -0.4 is 4.05 Å². The Labute approximate surface area is 110 Å². The van der Waals surface area contributed by atoms with Crippen molar-refractivity contribution in [1.29, 1.82) is 0 Å². The number of hydrogen-bond donors (Lipinski definition) is 0. The molecule has 19 heavy (non-hydrogen) atoms. The van der Waals surface area contributed by atoms with Gasteiger partial charge in [-0.1, -0.05) is 18.2 Å². The van der Waals surface area contributed by atoms with E-state index in [0.29, 0.717) is 5.56 Å². The van der Waals surface area contributed by atoms with Gasteiger partial charge >= 0.3 is 10.0 Å². The van der Waals surface area contributed by atoms with Gasteiger partial charge in [-0.15, -0.1) is 0 Å². The summed E-state index contributed by atoms with van der Waals surface area (Å²) in [6.45, 7) is 0. The standard InChI is InChI=1S/C13H10N2O3S/c16-15(9-7-11-10-14-8-6-13(11)15)19(17,18)12-4-2-1-3-5-12/h1-10H. The molecule has 0 radical (unpaired) electrons. The molecule has 1 aromatic heterocycles. The van der Waals surface area contributed by atoms with Gasteiger partial charge in [0.05, 0.1) is 5.56 Å². The summed E-state index contributed by atoms with van der Waals surface area (Å²) in [4.78, 5) is 3.88. The molecule has 6 heteroatoms. The lowest BCUT2D eigenvalue weighted by Crippen LogP contribution is -2.42. The van der Waals surface area contributed by atoms with Gasteiger partial charge in [0, 0.05) is 24.5 Å². The van der Waals surface area contributed by atoms with Gasteiger partial charge in [-0.05, 0) is 12.1 Å². The number of nitrogens with zero attached hydrogens (tertiary/aromatic N) is 2. The Kier molecular flexibility index (Phi) is 2.53. The molecule has 2 heterocycles. The number of rotatable bonds is 2. The van der Waals surface area contributed by atoms with Crippen molar-refractivity contribution >= 4 is 21.8 Å². The average Bonchev–Trinajstić information content (AvgIpc) is 2.80. The van der Waals surface area contributed by atoms with Gasteiger partial charge in [-0.25, -0.2) is 0 Å². The first-order valence-corrected chi connectivity index (χ1v) is 7.03. The summed E-state index contributed by atoms with van der Waals surface area (Å²) in [5.74, 6) is 0. The van der Waals surface area contributed by atoms with Crippen LogP contribution in [0.25, 0.3) is 6.08 Å². The Balaban J connectivity index is 2.21. The van der Waals surface area contributed by atoms with Crippen LogP contribution in [-0.2, 0) is 10.0 Å². The van der Waals surface area contributed by atoms with Crippen LogP contribution in [0.5, 0.6) is 0 Å². The summed E-state index contributed by atoms with van der Waals surface area (Å²) < 4.78 is 23.5. The molecule has 0 spiro atoms. The van der Waals surface area contributed by atoms with Crippen LogP contribution in [0.1, 0.15) is 5.56 Å². The van der Waals surface area contributed by atoms with Crippen molar-refractivity contribution in [3.8, 4) is 0 Å². The van der Waals surface area contributed by atoms with E-state index in [1.165, 1.54) is 36.7 Å². The van der Waals surface area contributed by atoms with Gasteiger partial charge < -0.3 is 5.21 Å². The van der Waals surface area contributed by atoms with Crippen molar-refractivity contribution in [1.82, 2.24) is 9.04 Å². The lowest BCUT2D eigenvalue weighted by Gasteiger charge is -2.33. The van der Waals surface area contributed by atoms with Crippen molar-refractivity contribution < 1.29 is 8.42 Å². The lowest BCUT2D eigenvalue weighted by atomic mass is 10.3. The van der Waals surface area contributed by atoms with Gasteiger partial charge in [0.1, 0.15) is 11.1 Å². The molecule has 2 aromatic rings. The minimum Gasteiger partial charge on any atom is -0.606 e. The number of hydrogen-bond acceptors (Lipinski definition) is 4. The molecule has 0 amide bonds. The summed E-state index contributed by atoms with van der Waals surface area (Å²) in [7, 11) is -4.08. The largest absolute Gasteiger partial charge is 0.606 e. The Hall–Kier alpha value is -2.02. The number of hydroxylamine groups is 1. The molecule has 1 aliphatic heterocycles. The first-order valence-electron chi connectivity index (χ1n) is 5.59. The number of fused-ring (bicyclic) bond motifs is 1. The fourth-order valence-electron chi connectivity index (χ4n) is 2.03. The number of pyridine rings is 1. The van der Waals surface area contributed by atoms with Gasteiger partial charge in [-0.3, -0.25) is 4.98 Å². The van der Waals surface area contributed by atoms with Gasteiger partial charge in [0.2, 0.25) is 0 Å². The van der Waals surface area contributed by atoms with Crippen molar-refractivity contribution in [3.63, 3.8) is 0 Å². The maximum absolute atomic E-state index is 12.8. The summed E-state index contributed by atoms with van der Waals surface area (Å²) in [5, 5.41) is 12.8. The van der Waals surface area contributed by atoms with E-state index in [1.807, 2.05) is 0 Å². The van der Waals surface area contributed by atoms with Crippen molar-refractivity contribution in [2.24, 2.45) is 0 Å². The SMILES string of the molecule is O=S(=O)(c1ccccc1)[N+]1([O-])C=Cc2cnccc21. The molecule has 1 atom stereocenters. The summed E-state index contributed by atoms with van der Waals surface area (Å²) in [6.07, 6.45) is 5.49. The molecule has 0 aliphatic carbocycles. The van der Waals surface area contributed by atoms with Gasteiger partial charge in [-0.2, -0.15) is 12.5 Å². The Morgan fingerprint density at radius 2 is 1.84 bits per heavy atom. The molecule has 0 bridgehead atoms. The number of quaternary nitrogens is 1. The second kappa shape index (κ2) is 3.99. The van der Waals surface area contributed by atoms with E-state index in [2.05, 4.69) is 4.98 Å². The molecule has 0 fully saturated rings. The normalized spacial score (nSPS) is 21.3. The third kappa shape index (κ3) is 1.61. The van der Waals surface area contributed by atoms with Crippen LogP contribution in [0.4, 0.5) is 5.69 Å². The Bertz CT molecular complexity index is 756. The third-order valence-electron chi connectivity index (χ3n) is 3.01. The minimum absolute atomic E-state index is 0.000637. The predicted octanol–water partition coefficient (Wildman–Crippen LogP) is 2.26. The lowest BCUT2D eigenvalue weighted by molar-refractivity contribution is 0.550. The van der Waals surface area contributed by atoms with E-state index in [1.54, 1.807) is 18.2 Å². The smallest absolute Gasteiger partial charge is 0.336 e. The highest BCUT2D eigenvalue weighted by atomic mass is 32.2. The van der Waals surface area contributed by atoms with Crippen LogP contribution in [0.15, 0.2) is 59.9 Å². The second-order valence-corrected chi connectivity index (χ2v) is 6.10. The molecule has 0 N–H and O–H groups in total. The van der Waals surface area contributed by atoms with Crippen molar-refractivity contribution in [3.05, 3.63) is 65.8 Å². The van der Waals surface area contributed by atoms with E-state index >= 15 is 0 Å². The van der Waals surface area contributed by atoms with Crippen LogP contribution in [0.2, 0.25) is 0 Å². The summed E-state index contributed by atoms with van der Waals surface area (Å²) in [5.41, 5.74) is 0.691. The van der Waals surface area contributed by atoms with Gasteiger partial charge in [0.25, 0.3) is 0 Å². The zero-order valence-corrected chi connectivity index (χ0v) is 10.6. The molecule has 0 saturated carbocycles. The monoisotopic (exact) mass is 274 g/mol. The molecule has 96 valence electrons. The van der Waals surface area contributed by atoms with Crippen molar-refractivity contribution in [2.75, 3.05) is 0 Å². The Morgan fingerprint density at radius 1 is 1.11 bits per heavy atom. The molecule has 5 nitrogen and oxygen atoms in total. The highest BCUT2D eigenvalue weighted by Crippen LogP contribution is 2.39. The van der Waals surface area contributed by atoms with Crippen LogP contribution in [-0.4, -0.2) is 13.4 Å². The zero-order chi connectivity index (χ0) is 13.5. The highest BCUT2D eigenvalue weighted by molar-refractivity contribution is 7.91. The molecule has 0 saturated heterocycles. The van der Waals surface area contributed by atoms with E-state index < -0.39 is 14.1 Å². The quantitative estimate of drug-likeness (QED) is 0.622. The maximum atomic E-state index is 12.8. The van der Waals surface area contributed by atoms with E-state index in [-0.39, 0.29) is 10.6 Å². The Morgan fingerprint density at radius 3 is 2.58 bits per heavy atom.